The molecule has 0 amide bonds. The molecule has 0 N–H and O–H groups in total. The molecule has 0 unspecified atom stereocenters. The van der Waals surface area contributed by atoms with Gasteiger partial charge in [-0.1, -0.05) is 244 Å². The van der Waals surface area contributed by atoms with Gasteiger partial charge in [0.2, 0.25) is 5.50 Å². The van der Waals surface area contributed by atoms with Crippen LogP contribution in [0.5, 0.6) is 0 Å². The third-order valence-electron chi connectivity index (χ3n) is 13.5. The molecule has 6 aromatic rings. The predicted molar refractivity (Wildman–Crippen MR) is 292 cm³/mol. The largest absolute Gasteiger partial charge is 0.477 e. The molecule has 3 atom stereocenters. The quantitative estimate of drug-likeness (QED) is 0.0627. The Morgan fingerprint density at radius 2 is 0.739 bits per heavy atom. The fourth-order valence-corrected chi connectivity index (χ4v) is 26.0. The summed E-state index contributed by atoms with van der Waals surface area (Å²) in [5, 5.41) is 5.51. The van der Waals surface area contributed by atoms with E-state index < -0.39 is 60.9 Å². The minimum absolute atomic E-state index is 0.0757. The zero-order valence-electron chi connectivity index (χ0n) is 42.6. The highest BCUT2D eigenvalue weighted by molar-refractivity contribution is 7.58. The van der Waals surface area contributed by atoms with Crippen LogP contribution in [0.25, 0.3) is 0 Å². The maximum absolute atomic E-state index is 15.4. The minimum Gasteiger partial charge on any atom is -0.477 e. The molecule has 0 aromatic heterocycles. The summed E-state index contributed by atoms with van der Waals surface area (Å²) in [6.07, 6.45) is -0.654. The summed E-state index contributed by atoms with van der Waals surface area (Å²) in [4.78, 5) is 0. The molecule has 11 heteroatoms. The Morgan fingerprint density at radius 3 is 1.03 bits per heavy atom. The lowest BCUT2D eigenvalue weighted by Crippen LogP contribution is -2.73. The molecule has 7 nitrogen and oxygen atoms in total. The van der Waals surface area contributed by atoms with Gasteiger partial charge < -0.3 is 27.1 Å². The van der Waals surface area contributed by atoms with Crippen molar-refractivity contribution in [2.45, 2.75) is 110 Å². The second kappa shape index (κ2) is 21.5. The fraction of sp³-hybridized carbons (Fsp3) is 0.345. The van der Waals surface area contributed by atoms with Crippen LogP contribution in [0.1, 0.15) is 76.2 Å². The molecule has 364 valence electrons. The van der Waals surface area contributed by atoms with Crippen LogP contribution in [0.3, 0.4) is 0 Å². The molecule has 0 fully saturated rings. The lowest BCUT2D eigenvalue weighted by atomic mass is 10.1. The van der Waals surface area contributed by atoms with Crippen LogP contribution in [0.15, 0.2) is 194 Å². The van der Waals surface area contributed by atoms with Crippen LogP contribution in [-0.4, -0.2) is 63.1 Å². The Labute approximate surface area is 416 Å². The first-order valence-electron chi connectivity index (χ1n) is 24.5. The second-order valence-corrected chi connectivity index (χ2v) is 35.7. The van der Waals surface area contributed by atoms with E-state index in [2.05, 4.69) is 244 Å². The van der Waals surface area contributed by atoms with E-state index in [1.165, 1.54) is 0 Å². The summed E-state index contributed by atoms with van der Waals surface area (Å²) in [6.45, 7) is 24.5. The summed E-state index contributed by atoms with van der Waals surface area (Å²) in [6, 6.07) is 63.9. The first kappa shape index (κ1) is 52.4. The highest BCUT2D eigenvalue weighted by Gasteiger charge is 2.59. The van der Waals surface area contributed by atoms with Gasteiger partial charge in [0.15, 0.2) is 0 Å². The molecule has 7 rings (SSSR count). The van der Waals surface area contributed by atoms with Gasteiger partial charge in [0.05, 0.1) is 25.9 Å². The third-order valence-corrected chi connectivity index (χ3v) is 30.5. The SMILES string of the molecule is CCOP(=O)(OCC)C1=C[C@@H](O[Si](c2ccccc2)(c2ccccc2)C(C)(C)C)[C@H](O[Si](c2ccccc2)(c2ccccc2)C(C)(C)C)[C@@H](CO[Si](c2ccccc2)(c2ccccc2)C(C)(C)C)O1. The molecule has 0 spiro atoms. The van der Waals surface area contributed by atoms with Gasteiger partial charge in [-0.15, -0.1) is 0 Å². The van der Waals surface area contributed by atoms with Crippen molar-refractivity contribution in [1.82, 2.24) is 0 Å². The van der Waals surface area contributed by atoms with Crippen LogP contribution in [0.2, 0.25) is 15.1 Å². The van der Waals surface area contributed by atoms with Crippen LogP contribution >= 0.6 is 7.60 Å². The van der Waals surface area contributed by atoms with E-state index in [4.69, 9.17) is 27.1 Å². The molecule has 0 bridgehead atoms. The molecular formula is C58H73O7PSi3. The molecule has 1 heterocycles. The Balaban J connectivity index is 1.56. The first-order chi connectivity index (χ1) is 32.9. The molecule has 0 aliphatic carbocycles. The summed E-state index contributed by atoms with van der Waals surface area (Å²) in [7, 11) is -14.0. The van der Waals surface area contributed by atoms with Gasteiger partial charge in [-0.25, -0.2) is 0 Å². The lowest BCUT2D eigenvalue weighted by molar-refractivity contribution is -0.0720. The highest BCUT2D eigenvalue weighted by Crippen LogP contribution is 2.59. The van der Waals surface area contributed by atoms with Gasteiger partial charge in [-0.3, -0.25) is 4.57 Å². The van der Waals surface area contributed by atoms with E-state index in [1.807, 2.05) is 19.9 Å². The maximum atomic E-state index is 15.4. The normalized spacial score (nSPS) is 17.5. The number of rotatable bonds is 18. The van der Waals surface area contributed by atoms with Crippen molar-refractivity contribution in [1.29, 1.82) is 0 Å². The molecule has 69 heavy (non-hydrogen) atoms. The van der Waals surface area contributed by atoms with E-state index in [0.717, 1.165) is 31.1 Å². The minimum atomic E-state index is -4.07. The van der Waals surface area contributed by atoms with Gasteiger partial charge in [0.1, 0.15) is 12.2 Å². The zero-order chi connectivity index (χ0) is 49.6. The van der Waals surface area contributed by atoms with Crippen LogP contribution < -0.4 is 31.1 Å². The molecule has 0 saturated carbocycles. The summed E-state index contributed by atoms with van der Waals surface area (Å²) >= 11 is 0. The summed E-state index contributed by atoms with van der Waals surface area (Å²) in [5.41, 5.74) is 0.104. The summed E-state index contributed by atoms with van der Waals surface area (Å²) < 4.78 is 59.5. The highest BCUT2D eigenvalue weighted by atomic mass is 31.2. The number of hydrogen-bond acceptors (Lipinski definition) is 7. The van der Waals surface area contributed by atoms with Gasteiger partial charge >= 0.3 is 7.60 Å². The molecule has 0 saturated heterocycles. The summed E-state index contributed by atoms with van der Waals surface area (Å²) in [5.74, 6) is 0. The topological polar surface area (TPSA) is 72.5 Å². The van der Waals surface area contributed by atoms with Crippen LogP contribution in [0.4, 0.5) is 0 Å². The third kappa shape index (κ3) is 10.3. The number of hydrogen-bond donors (Lipinski definition) is 0. The van der Waals surface area contributed by atoms with E-state index in [0.29, 0.717) is 0 Å². The Kier molecular flexibility index (Phi) is 16.3. The first-order valence-corrected chi connectivity index (χ1v) is 31.8. The van der Waals surface area contributed by atoms with Crippen molar-refractivity contribution in [3.63, 3.8) is 0 Å². The van der Waals surface area contributed by atoms with Crippen LogP contribution in [-0.2, 0) is 31.6 Å². The monoisotopic (exact) mass is 996 g/mol. The molecule has 0 radical (unpaired) electrons. The van der Waals surface area contributed by atoms with Crippen molar-refractivity contribution in [3.05, 3.63) is 194 Å². The Morgan fingerprint density at radius 1 is 0.449 bits per heavy atom. The van der Waals surface area contributed by atoms with Gasteiger partial charge in [0.25, 0.3) is 25.0 Å². The standard InChI is InChI=1S/C58H73O7PSi3/c1-12-60-66(59,61-13-2)54-44-52(64-68(57(6,7)8,48-36-24-16-25-37-48)49-38-26-17-27-39-49)55(65-69(58(9,10)11,50-40-28-18-29-41-50)51-42-30-19-31-43-51)53(63-54)45-62-67(56(3,4)5,46-32-20-14-21-33-46)47-34-22-15-23-35-47/h14-44,52-53,55H,12-13,45H2,1-11H3/t52-,53-,55+/m1/s1. The molecule has 6 aromatic carbocycles. The molecular weight excluding hydrogens is 924 g/mol. The maximum Gasteiger partial charge on any atom is 0.395 e. The molecule has 1 aliphatic heterocycles. The van der Waals surface area contributed by atoms with Crippen molar-refractivity contribution in [2.75, 3.05) is 19.8 Å². The van der Waals surface area contributed by atoms with E-state index in [1.54, 1.807) is 0 Å². The van der Waals surface area contributed by atoms with E-state index in [9.17, 15) is 0 Å². The molecule has 1 aliphatic rings. The van der Waals surface area contributed by atoms with E-state index in [-0.39, 0.29) is 30.4 Å². The van der Waals surface area contributed by atoms with E-state index >= 15 is 4.57 Å². The number of ether oxygens (including phenoxy) is 1. The Hall–Kier alpha value is -4.46. The van der Waals surface area contributed by atoms with Gasteiger partial charge in [-0.2, -0.15) is 0 Å². The smallest absolute Gasteiger partial charge is 0.395 e. The Bertz CT molecular complexity index is 2490. The lowest BCUT2D eigenvalue weighted by Gasteiger charge is -2.52. The zero-order valence-corrected chi connectivity index (χ0v) is 46.5. The van der Waals surface area contributed by atoms with Crippen molar-refractivity contribution in [3.8, 4) is 0 Å². The van der Waals surface area contributed by atoms with Gasteiger partial charge in [-0.05, 0) is 66.2 Å². The van der Waals surface area contributed by atoms with Crippen molar-refractivity contribution >= 4 is 63.7 Å². The predicted octanol–water partition coefficient (Wildman–Crippen LogP) is 11.0. The average molecular weight is 997 g/mol. The second-order valence-electron chi connectivity index (χ2n) is 21.0. The fourth-order valence-electron chi connectivity index (χ4n) is 10.5. The van der Waals surface area contributed by atoms with Crippen LogP contribution in [0, 0.1) is 0 Å². The van der Waals surface area contributed by atoms with Crippen molar-refractivity contribution in [2.24, 2.45) is 0 Å². The van der Waals surface area contributed by atoms with Crippen molar-refractivity contribution < 1.29 is 31.6 Å². The average Bonchev–Trinajstić information content (AvgIpc) is 3.33. The number of benzene rings is 6. The van der Waals surface area contributed by atoms with Gasteiger partial charge in [0, 0.05) is 0 Å².